The van der Waals surface area contributed by atoms with Gasteiger partial charge in [0.2, 0.25) is 0 Å². The smallest absolute Gasteiger partial charge is 0.0786 e. The van der Waals surface area contributed by atoms with E-state index in [0.29, 0.717) is 0 Å². The summed E-state index contributed by atoms with van der Waals surface area (Å²) in [5, 5.41) is 0. The zero-order valence-electron chi connectivity index (χ0n) is 19.6. The molecule has 0 unspecified atom stereocenters. The monoisotopic (exact) mass is 458 g/mol. The molecular weight excluding hydrogens is 436 g/mol. The van der Waals surface area contributed by atoms with Crippen LogP contribution in [-0.2, 0) is 0 Å². The summed E-state index contributed by atoms with van der Waals surface area (Å²) in [5.41, 5.74) is 13.4. The number of hydrogen-bond donors (Lipinski definition) is 0. The van der Waals surface area contributed by atoms with Gasteiger partial charge in [-0.05, 0) is 45.5 Å². The first-order valence-corrected chi connectivity index (χ1v) is 12.2. The van der Waals surface area contributed by atoms with Crippen LogP contribution in [0.2, 0.25) is 0 Å². The van der Waals surface area contributed by atoms with E-state index >= 15 is 0 Å². The van der Waals surface area contributed by atoms with Gasteiger partial charge in [0.25, 0.3) is 0 Å². The van der Waals surface area contributed by atoms with Crippen molar-refractivity contribution in [1.82, 2.24) is 9.97 Å². The Morgan fingerprint density at radius 1 is 0.250 bits per heavy atom. The topological polar surface area (TPSA) is 25.8 Å². The third-order valence-corrected chi connectivity index (χ3v) is 6.99. The summed E-state index contributed by atoms with van der Waals surface area (Å²) in [7, 11) is 0. The molecule has 2 nitrogen and oxygen atoms in total. The third-order valence-electron chi connectivity index (χ3n) is 6.99. The summed E-state index contributed by atoms with van der Waals surface area (Å²) in [4.78, 5) is 9.90. The Kier molecular flexibility index (Phi) is 4.82. The predicted octanol–water partition coefficient (Wildman–Crippen LogP) is 8.79. The fourth-order valence-electron chi connectivity index (χ4n) is 5.43. The first-order chi connectivity index (χ1) is 17.9. The SMILES string of the molecule is c1ccc2c(c1)-c1ccccc1-c1ncccc1-c1ccccc1-c1ccccc1-c1ncccc1-2. The van der Waals surface area contributed by atoms with E-state index in [1.54, 1.807) is 0 Å². The molecule has 0 radical (unpaired) electrons. The molecule has 7 rings (SSSR count). The molecule has 168 valence electrons. The lowest BCUT2D eigenvalue weighted by Crippen LogP contribution is -1.98. The van der Waals surface area contributed by atoms with Crippen molar-refractivity contribution in [2.45, 2.75) is 0 Å². The average molecular weight is 459 g/mol. The number of hydrogen-bond acceptors (Lipinski definition) is 2. The highest BCUT2D eigenvalue weighted by Crippen LogP contribution is 2.46. The summed E-state index contributed by atoms with van der Waals surface area (Å²) in [5.74, 6) is 0. The quantitative estimate of drug-likeness (QED) is 0.227. The van der Waals surface area contributed by atoms with Crippen molar-refractivity contribution in [2.75, 3.05) is 0 Å². The van der Waals surface area contributed by atoms with Crippen LogP contribution in [0.4, 0.5) is 0 Å². The van der Waals surface area contributed by atoms with Crippen LogP contribution in [0.1, 0.15) is 0 Å². The second kappa shape index (κ2) is 8.44. The highest BCUT2D eigenvalue weighted by Gasteiger charge is 2.22. The molecule has 1 aliphatic carbocycles. The standard InChI is InChI=1S/C34H22N2/c1-3-13-27-23(11-1)25-15-5-7-17-29(25)33-32(20-10-22-35-33)28-14-4-2-12-24(28)26-16-6-8-18-30(26)34-31(27)19-9-21-36-34/h1-22H. The number of fused-ring (bicyclic) bond motifs is 12. The molecule has 0 bridgehead atoms. The molecule has 0 aliphatic heterocycles. The lowest BCUT2D eigenvalue weighted by Gasteiger charge is -2.21. The van der Waals surface area contributed by atoms with Gasteiger partial charge < -0.3 is 0 Å². The van der Waals surface area contributed by atoms with Crippen LogP contribution in [0.5, 0.6) is 0 Å². The van der Waals surface area contributed by atoms with E-state index in [0.717, 1.165) is 55.9 Å². The van der Waals surface area contributed by atoms with Crippen molar-refractivity contribution in [3.8, 4) is 67.0 Å². The maximum atomic E-state index is 4.95. The van der Waals surface area contributed by atoms with Crippen LogP contribution < -0.4 is 0 Å². The largest absolute Gasteiger partial charge is 0.256 e. The summed E-state index contributed by atoms with van der Waals surface area (Å²) in [6.45, 7) is 0. The van der Waals surface area contributed by atoms with Gasteiger partial charge in [-0.15, -0.1) is 0 Å². The van der Waals surface area contributed by atoms with Crippen LogP contribution in [-0.4, -0.2) is 9.97 Å². The Labute approximate surface area is 210 Å². The number of aromatic nitrogens is 2. The van der Waals surface area contributed by atoms with Crippen molar-refractivity contribution in [3.05, 3.63) is 134 Å². The predicted molar refractivity (Wildman–Crippen MR) is 148 cm³/mol. The molecule has 1 aliphatic rings. The van der Waals surface area contributed by atoms with Crippen LogP contribution in [0.15, 0.2) is 134 Å². The first kappa shape index (κ1) is 20.5. The van der Waals surface area contributed by atoms with Crippen molar-refractivity contribution >= 4 is 0 Å². The second-order valence-electron chi connectivity index (χ2n) is 8.98. The van der Waals surface area contributed by atoms with Crippen molar-refractivity contribution in [2.24, 2.45) is 0 Å². The normalized spacial score (nSPS) is 11.3. The van der Waals surface area contributed by atoms with E-state index in [4.69, 9.17) is 9.97 Å². The summed E-state index contributed by atoms with van der Waals surface area (Å²) >= 11 is 0. The Bertz CT molecular complexity index is 1240. The molecule has 0 saturated carbocycles. The molecule has 36 heavy (non-hydrogen) atoms. The van der Waals surface area contributed by atoms with Crippen LogP contribution in [0.25, 0.3) is 67.0 Å². The zero-order valence-corrected chi connectivity index (χ0v) is 19.6. The fraction of sp³-hybridized carbons (Fsp3) is 0. The Hall–Kier alpha value is -4.82. The van der Waals surface area contributed by atoms with E-state index in [2.05, 4.69) is 109 Å². The van der Waals surface area contributed by atoms with Gasteiger partial charge in [0.15, 0.2) is 0 Å². The molecule has 4 aromatic carbocycles. The van der Waals surface area contributed by atoms with Crippen molar-refractivity contribution in [3.63, 3.8) is 0 Å². The van der Waals surface area contributed by atoms with Gasteiger partial charge in [-0.25, -0.2) is 0 Å². The molecule has 0 spiro atoms. The molecule has 6 aromatic rings. The van der Waals surface area contributed by atoms with E-state index < -0.39 is 0 Å². The molecule has 0 atom stereocenters. The van der Waals surface area contributed by atoms with E-state index in [1.165, 1.54) is 11.1 Å². The Balaban J connectivity index is 1.71. The minimum absolute atomic E-state index is 0.986. The summed E-state index contributed by atoms with van der Waals surface area (Å²) in [6.07, 6.45) is 3.78. The van der Waals surface area contributed by atoms with Gasteiger partial charge in [-0.3, -0.25) is 9.97 Å². The minimum atomic E-state index is 0.986. The molecule has 2 heterocycles. The van der Waals surface area contributed by atoms with Gasteiger partial charge in [0.05, 0.1) is 11.4 Å². The van der Waals surface area contributed by atoms with E-state index in [-0.39, 0.29) is 0 Å². The molecule has 0 fully saturated rings. The average Bonchev–Trinajstić information content (AvgIpc) is 2.97. The maximum Gasteiger partial charge on any atom is 0.0786 e. The molecular formula is C34H22N2. The van der Waals surface area contributed by atoms with Crippen LogP contribution >= 0.6 is 0 Å². The van der Waals surface area contributed by atoms with Gasteiger partial charge >= 0.3 is 0 Å². The van der Waals surface area contributed by atoms with Crippen molar-refractivity contribution in [1.29, 1.82) is 0 Å². The lowest BCUT2D eigenvalue weighted by atomic mass is 9.83. The van der Waals surface area contributed by atoms with Gasteiger partial charge in [-0.1, -0.05) is 109 Å². The van der Waals surface area contributed by atoms with Crippen LogP contribution in [0, 0.1) is 0 Å². The number of rotatable bonds is 0. The zero-order chi connectivity index (χ0) is 23.9. The first-order valence-electron chi connectivity index (χ1n) is 12.2. The summed E-state index contributed by atoms with van der Waals surface area (Å²) in [6, 6.07) is 42.9. The van der Waals surface area contributed by atoms with Gasteiger partial charge in [0.1, 0.15) is 0 Å². The minimum Gasteiger partial charge on any atom is -0.256 e. The fourth-order valence-corrected chi connectivity index (χ4v) is 5.43. The Morgan fingerprint density at radius 3 is 0.861 bits per heavy atom. The van der Waals surface area contributed by atoms with Crippen molar-refractivity contribution < 1.29 is 0 Å². The summed E-state index contributed by atoms with van der Waals surface area (Å²) < 4.78 is 0. The van der Waals surface area contributed by atoms with Gasteiger partial charge in [-0.2, -0.15) is 0 Å². The molecule has 0 N–H and O–H groups in total. The second-order valence-corrected chi connectivity index (χ2v) is 8.98. The third kappa shape index (κ3) is 3.19. The number of nitrogens with zero attached hydrogens (tertiary/aromatic N) is 2. The highest BCUT2D eigenvalue weighted by molar-refractivity contribution is 6.02. The highest BCUT2D eigenvalue weighted by atomic mass is 14.7. The molecule has 2 aromatic heterocycles. The lowest BCUT2D eigenvalue weighted by molar-refractivity contribution is 1.31. The van der Waals surface area contributed by atoms with E-state index in [1.807, 2.05) is 24.5 Å². The number of benzene rings is 4. The van der Waals surface area contributed by atoms with E-state index in [9.17, 15) is 0 Å². The van der Waals surface area contributed by atoms with Gasteiger partial charge in [0, 0.05) is 34.6 Å². The number of pyridine rings is 2. The Morgan fingerprint density at radius 2 is 0.500 bits per heavy atom. The maximum absolute atomic E-state index is 4.95. The molecule has 2 heteroatoms. The molecule has 0 amide bonds. The molecule has 0 saturated heterocycles. The van der Waals surface area contributed by atoms with Crippen LogP contribution in [0.3, 0.4) is 0 Å².